The van der Waals surface area contributed by atoms with Gasteiger partial charge in [-0.25, -0.2) is 22.8 Å². The first-order valence-electron chi connectivity index (χ1n) is 8.57. The molecule has 0 saturated carbocycles. The highest BCUT2D eigenvalue weighted by molar-refractivity contribution is 7.89. The molecular formula is C18H13Cl2FN4O4S. The average molecular weight is 471 g/mol. The second kappa shape index (κ2) is 7.62. The van der Waals surface area contributed by atoms with Crippen LogP contribution in [0.4, 0.5) is 4.39 Å². The minimum Gasteiger partial charge on any atom is -0.481 e. The summed E-state index contributed by atoms with van der Waals surface area (Å²) in [5.41, 5.74) is 1.03. The maximum absolute atomic E-state index is 13.1. The molecule has 0 aliphatic carbocycles. The fourth-order valence-electron chi connectivity index (χ4n) is 2.96. The van der Waals surface area contributed by atoms with Gasteiger partial charge in [0.2, 0.25) is 10.0 Å². The molecule has 0 amide bonds. The molecule has 1 fully saturated rings. The Hall–Kier alpha value is -2.53. The number of aromatic nitrogens is 3. The molecule has 2 N–H and O–H groups in total. The summed E-state index contributed by atoms with van der Waals surface area (Å²) in [7, 11) is -3.86. The highest BCUT2D eigenvalue weighted by Crippen LogP contribution is 2.36. The zero-order valence-electron chi connectivity index (χ0n) is 15.0. The van der Waals surface area contributed by atoms with Crippen molar-refractivity contribution in [3.05, 3.63) is 52.5 Å². The predicted octanol–water partition coefficient (Wildman–Crippen LogP) is 3.29. The minimum atomic E-state index is -3.86. The van der Waals surface area contributed by atoms with E-state index in [4.69, 9.17) is 28.3 Å². The Labute approximate surface area is 180 Å². The Morgan fingerprint density at radius 3 is 2.57 bits per heavy atom. The number of pyridine rings is 1. The van der Waals surface area contributed by atoms with Crippen molar-refractivity contribution in [2.45, 2.75) is 4.90 Å². The quantitative estimate of drug-likeness (QED) is 0.590. The summed E-state index contributed by atoms with van der Waals surface area (Å²) in [5.74, 6) is -1.94. The predicted molar refractivity (Wildman–Crippen MR) is 107 cm³/mol. The van der Waals surface area contributed by atoms with Gasteiger partial charge in [0.1, 0.15) is 22.4 Å². The van der Waals surface area contributed by atoms with Gasteiger partial charge in [-0.1, -0.05) is 23.2 Å². The van der Waals surface area contributed by atoms with E-state index in [1.165, 1.54) is 30.3 Å². The zero-order chi connectivity index (χ0) is 21.6. The molecule has 1 aromatic carbocycles. The lowest BCUT2D eigenvalue weighted by Gasteiger charge is -2.35. The van der Waals surface area contributed by atoms with Crippen LogP contribution in [0.5, 0.6) is 0 Å². The summed E-state index contributed by atoms with van der Waals surface area (Å²) >= 11 is 12.5. The SMILES string of the molecule is O=C(O)C1CN(S(=O)(=O)c2ccc(-c3nc(-c4ccc(F)cn4)[nH]c3Cl)c(Cl)c2)C1. The minimum absolute atomic E-state index is 0.0628. The van der Waals surface area contributed by atoms with Crippen molar-refractivity contribution in [3.8, 4) is 22.8 Å². The fraction of sp³-hybridized carbons (Fsp3) is 0.167. The Morgan fingerprint density at radius 1 is 1.23 bits per heavy atom. The van der Waals surface area contributed by atoms with E-state index < -0.39 is 27.7 Å². The van der Waals surface area contributed by atoms with Crippen LogP contribution >= 0.6 is 23.2 Å². The third-order valence-corrected chi connectivity index (χ3v) is 7.07. The lowest BCUT2D eigenvalue weighted by Crippen LogP contribution is -2.52. The highest BCUT2D eigenvalue weighted by Gasteiger charge is 2.40. The number of rotatable bonds is 5. The van der Waals surface area contributed by atoms with Gasteiger partial charge in [0.15, 0.2) is 5.82 Å². The number of nitrogens with zero attached hydrogens (tertiary/aromatic N) is 3. The number of benzene rings is 1. The zero-order valence-corrected chi connectivity index (χ0v) is 17.3. The third-order valence-electron chi connectivity index (χ3n) is 4.66. The van der Waals surface area contributed by atoms with E-state index in [0.29, 0.717) is 17.1 Å². The van der Waals surface area contributed by atoms with Gasteiger partial charge in [-0.15, -0.1) is 0 Å². The van der Waals surface area contributed by atoms with Gasteiger partial charge >= 0.3 is 5.97 Å². The summed E-state index contributed by atoms with van der Waals surface area (Å²) in [6, 6.07) is 6.75. The number of halogens is 3. The summed E-state index contributed by atoms with van der Waals surface area (Å²) < 4.78 is 39.5. The molecule has 1 aliphatic rings. The van der Waals surface area contributed by atoms with Gasteiger partial charge in [-0.3, -0.25) is 4.79 Å². The molecule has 1 aliphatic heterocycles. The van der Waals surface area contributed by atoms with Crippen molar-refractivity contribution in [1.82, 2.24) is 19.3 Å². The molecule has 156 valence electrons. The van der Waals surface area contributed by atoms with Crippen LogP contribution in [0.25, 0.3) is 22.8 Å². The molecule has 3 aromatic rings. The van der Waals surface area contributed by atoms with Gasteiger partial charge in [-0.05, 0) is 30.3 Å². The molecule has 12 heteroatoms. The number of nitrogens with one attached hydrogen (secondary N) is 1. The Morgan fingerprint density at radius 2 is 1.97 bits per heavy atom. The molecule has 1 saturated heterocycles. The Kier molecular flexibility index (Phi) is 5.27. The fourth-order valence-corrected chi connectivity index (χ4v) is 5.08. The first-order valence-corrected chi connectivity index (χ1v) is 10.8. The van der Waals surface area contributed by atoms with Gasteiger partial charge in [0.25, 0.3) is 0 Å². The van der Waals surface area contributed by atoms with Crippen LogP contribution in [0.1, 0.15) is 0 Å². The van der Waals surface area contributed by atoms with Gasteiger partial charge in [0.05, 0.1) is 22.0 Å². The van der Waals surface area contributed by atoms with Gasteiger partial charge in [0, 0.05) is 18.7 Å². The van der Waals surface area contributed by atoms with E-state index in [-0.39, 0.29) is 33.9 Å². The van der Waals surface area contributed by atoms with Crippen LogP contribution in [0.2, 0.25) is 10.2 Å². The van der Waals surface area contributed by atoms with Crippen molar-refractivity contribution in [2.24, 2.45) is 5.92 Å². The standard InChI is InChI=1S/C18H13Cl2FN4O4S/c19-13-5-11(30(28,29)25-7-9(8-25)18(26)27)2-3-12(13)15-16(20)24-17(23-15)14-4-1-10(21)6-22-14/h1-6,9H,7-8H2,(H,23,24)(H,26,27). The smallest absolute Gasteiger partial charge is 0.309 e. The molecule has 30 heavy (non-hydrogen) atoms. The number of H-pyrrole nitrogens is 1. The van der Waals surface area contributed by atoms with E-state index in [9.17, 15) is 17.6 Å². The number of aromatic amines is 1. The van der Waals surface area contributed by atoms with Crippen LogP contribution in [0.15, 0.2) is 41.4 Å². The van der Waals surface area contributed by atoms with Gasteiger partial charge in [-0.2, -0.15) is 4.31 Å². The number of carboxylic acid groups (broad SMARTS) is 1. The molecule has 8 nitrogen and oxygen atoms in total. The number of hydrogen-bond acceptors (Lipinski definition) is 5. The van der Waals surface area contributed by atoms with Crippen LogP contribution < -0.4 is 0 Å². The molecule has 3 heterocycles. The summed E-state index contributed by atoms with van der Waals surface area (Å²) in [4.78, 5) is 22.0. The summed E-state index contributed by atoms with van der Waals surface area (Å²) in [6.07, 6.45) is 1.04. The number of sulfonamides is 1. The van der Waals surface area contributed by atoms with Crippen molar-refractivity contribution in [3.63, 3.8) is 0 Å². The molecule has 0 atom stereocenters. The monoisotopic (exact) mass is 470 g/mol. The first-order chi connectivity index (χ1) is 14.2. The van der Waals surface area contributed by atoms with Crippen molar-refractivity contribution >= 4 is 39.2 Å². The highest BCUT2D eigenvalue weighted by atomic mass is 35.5. The second-order valence-electron chi connectivity index (χ2n) is 6.61. The van der Waals surface area contributed by atoms with Crippen molar-refractivity contribution < 1.29 is 22.7 Å². The van der Waals surface area contributed by atoms with Crippen LogP contribution in [0, 0.1) is 11.7 Å². The maximum atomic E-state index is 13.1. The molecular weight excluding hydrogens is 458 g/mol. The topological polar surface area (TPSA) is 116 Å². The lowest BCUT2D eigenvalue weighted by molar-refractivity contribution is -0.145. The van der Waals surface area contributed by atoms with E-state index >= 15 is 0 Å². The van der Waals surface area contributed by atoms with E-state index in [1.54, 1.807) is 0 Å². The number of carbonyl (C=O) groups is 1. The molecule has 0 spiro atoms. The lowest BCUT2D eigenvalue weighted by atomic mass is 10.0. The average Bonchev–Trinajstić information content (AvgIpc) is 3.02. The maximum Gasteiger partial charge on any atom is 0.309 e. The molecule has 0 bridgehead atoms. The van der Waals surface area contributed by atoms with Crippen molar-refractivity contribution in [1.29, 1.82) is 0 Å². The molecule has 2 aromatic heterocycles. The van der Waals surface area contributed by atoms with Crippen molar-refractivity contribution in [2.75, 3.05) is 13.1 Å². The summed E-state index contributed by atoms with van der Waals surface area (Å²) in [6.45, 7) is -0.174. The van der Waals surface area contributed by atoms with E-state index in [1.807, 2.05) is 0 Å². The van der Waals surface area contributed by atoms with Gasteiger partial charge < -0.3 is 10.1 Å². The molecule has 0 unspecified atom stereocenters. The first kappa shape index (κ1) is 20.7. The van der Waals surface area contributed by atoms with Crippen LogP contribution in [-0.2, 0) is 14.8 Å². The molecule has 0 radical (unpaired) electrons. The largest absolute Gasteiger partial charge is 0.481 e. The van der Waals surface area contributed by atoms with Crippen LogP contribution in [-0.4, -0.2) is 51.8 Å². The summed E-state index contributed by atoms with van der Waals surface area (Å²) in [5, 5.41) is 9.18. The molecule has 4 rings (SSSR count). The number of aliphatic carboxylic acids is 1. The normalized spacial score (nSPS) is 15.2. The Bertz CT molecular complexity index is 1240. The third kappa shape index (κ3) is 3.67. The number of hydrogen-bond donors (Lipinski definition) is 2. The number of imidazole rings is 1. The van der Waals surface area contributed by atoms with E-state index in [0.717, 1.165) is 10.5 Å². The Balaban J connectivity index is 1.63. The number of carboxylic acids is 1. The van der Waals surface area contributed by atoms with Crippen LogP contribution in [0.3, 0.4) is 0 Å². The van der Waals surface area contributed by atoms with E-state index in [2.05, 4.69) is 15.0 Å². The second-order valence-corrected chi connectivity index (χ2v) is 9.33.